The summed E-state index contributed by atoms with van der Waals surface area (Å²) >= 11 is 0. The van der Waals surface area contributed by atoms with Crippen LogP contribution in [0.15, 0.2) is 42.7 Å². The van der Waals surface area contributed by atoms with Crippen LogP contribution < -0.4 is 9.64 Å². The summed E-state index contributed by atoms with van der Waals surface area (Å²) in [5, 5.41) is 7.00. The molecule has 1 aliphatic heterocycles. The molecule has 8 nitrogen and oxygen atoms in total. The molecule has 1 fully saturated rings. The van der Waals surface area contributed by atoms with Crippen molar-refractivity contribution in [3.8, 4) is 17.1 Å². The van der Waals surface area contributed by atoms with E-state index in [1.165, 1.54) is 12.1 Å². The second-order valence-corrected chi connectivity index (χ2v) is 7.39. The number of carbonyl (C=O) groups is 1. The fourth-order valence-corrected chi connectivity index (χ4v) is 3.45. The van der Waals surface area contributed by atoms with Gasteiger partial charge in [-0.05, 0) is 43.2 Å². The lowest BCUT2D eigenvalue weighted by Gasteiger charge is -2.32. The van der Waals surface area contributed by atoms with Gasteiger partial charge >= 0.3 is 0 Å². The highest BCUT2D eigenvalue weighted by Crippen LogP contribution is 2.25. The molecule has 0 radical (unpaired) electrons. The maximum Gasteiger partial charge on any atom is 0.272 e. The molecule has 2 aromatic heterocycles. The van der Waals surface area contributed by atoms with Crippen molar-refractivity contribution < 1.29 is 13.9 Å². The number of rotatable bonds is 5. The number of amides is 1. The minimum atomic E-state index is -0.314. The van der Waals surface area contributed by atoms with Gasteiger partial charge in [0.2, 0.25) is 0 Å². The van der Waals surface area contributed by atoms with Gasteiger partial charge in [0.05, 0.1) is 12.2 Å². The van der Waals surface area contributed by atoms with Crippen molar-refractivity contribution in [2.45, 2.75) is 18.9 Å². The van der Waals surface area contributed by atoms with E-state index >= 15 is 0 Å². The summed E-state index contributed by atoms with van der Waals surface area (Å²) < 4.78 is 19.2. The second kappa shape index (κ2) is 8.48. The monoisotopic (exact) mass is 410 g/mol. The number of benzene rings is 1. The summed E-state index contributed by atoms with van der Waals surface area (Å²) in [5.41, 5.74) is 1.73. The van der Waals surface area contributed by atoms with Gasteiger partial charge in [0, 0.05) is 38.6 Å². The zero-order valence-corrected chi connectivity index (χ0v) is 16.9. The molecule has 1 N–H and O–H groups in total. The minimum Gasteiger partial charge on any atom is -0.470 e. The molecule has 4 rings (SSSR count). The summed E-state index contributed by atoms with van der Waals surface area (Å²) in [6.07, 6.45) is 4.70. The van der Waals surface area contributed by atoms with Gasteiger partial charge in [0.15, 0.2) is 5.82 Å². The number of anilines is 1. The predicted molar refractivity (Wildman–Crippen MR) is 110 cm³/mol. The van der Waals surface area contributed by atoms with Crippen molar-refractivity contribution in [2.24, 2.45) is 0 Å². The van der Waals surface area contributed by atoms with Crippen molar-refractivity contribution in [2.75, 3.05) is 32.1 Å². The molecule has 1 atom stereocenters. The van der Waals surface area contributed by atoms with Gasteiger partial charge < -0.3 is 14.5 Å². The van der Waals surface area contributed by atoms with E-state index in [2.05, 4.69) is 20.2 Å². The molecule has 156 valence electrons. The Morgan fingerprint density at radius 3 is 2.77 bits per heavy atom. The fraction of sp³-hybridized carbons (Fsp3) is 0.333. The number of nitrogens with one attached hydrogen (secondary N) is 1. The molecular formula is C21H23FN6O2. The van der Waals surface area contributed by atoms with E-state index < -0.39 is 0 Å². The van der Waals surface area contributed by atoms with E-state index in [0.29, 0.717) is 36.2 Å². The lowest BCUT2D eigenvalue weighted by molar-refractivity contribution is 0.0523. The van der Waals surface area contributed by atoms with Crippen LogP contribution in [0.1, 0.15) is 23.3 Å². The summed E-state index contributed by atoms with van der Waals surface area (Å²) in [7, 11) is 3.76. The Hall–Kier alpha value is -3.49. The molecule has 1 aliphatic rings. The number of nitrogens with zero attached hydrogens (tertiary/aromatic N) is 5. The smallest absolute Gasteiger partial charge is 0.272 e. The number of halogens is 1. The van der Waals surface area contributed by atoms with Crippen LogP contribution >= 0.6 is 0 Å². The predicted octanol–water partition coefficient (Wildman–Crippen LogP) is 2.76. The Morgan fingerprint density at radius 2 is 2.00 bits per heavy atom. The van der Waals surface area contributed by atoms with Gasteiger partial charge in [-0.15, -0.1) is 0 Å². The van der Waals surface area contributed by atoms with Gasteiger partial charge in [-0.2, -0.15) is 5.10 Å². The van der Waals surface area contributed by atoms with Crippen molar-refractivity contribution >= 4 is 11.7 Å². The van der Waals surface area contributed by atoms with Gasteiger partial charge in [-0.3, -0.25) is 9.89 Å². The third-order valence-corrected chi connectivity index (χ3v) is 4.96. The molecule has 1 aromatic carbocycles. The minimum absolute atomic E-state index is 0.142. The van der Waals surface area contributed by atoms with Crippen LogP contribution in [-0.2, 0) is 0 Å². The highest BCUT2D eigenvalue weighted by molar-refractivity contribution is 5.93. The van der Waals surface area contributed by atoms with Crippen LogP contribution in [-0.4, -0.2) is 64.3 Å². The Kier molecular flexibility index (Phi) is 5.60. The normalized spacial score (nSPS) is 16.4. The van der Waals surface area contributed by atoms with Gasteiger partial charge in [0.25, 0.3) is 11.8 Å². The van der Waals surface area contributed by atoms with E-state index in [1.54, 1.807) is 35.5 Å². The van der Waals surface area contributed by atoms with Crippen LogP contribution in [0.2, 0.25) is 0 Å². The Labute approximate surface area is 173 Å². The number of hydrogen-bond acceptors (Lipinski definition) is 6. The molecule has 9 heteroatoms. The summed E-state index contributed by atoms with van der Waals surface area (Å²) in [4.78, 5) is 25.2. The SMILES string of the molecule is CN(C)c1nccnc1OC1CCCN(C(=O)c2cc(-c3ccc(F)cc3)n[nH]2)C1. The summed E-state index contributed by atoms with van der Waals surface area (Å²) in [5.74, 6) is 0.655. The molecule has 0 bridgehead atoms. The zero-order chi connectivity index (χ0) is 21.1. The van der Waals surface area contributed by atoms with Crippen molar-refractivity contribution in [1.29, 1.82) is 0 Å². The molecule has 0 spiro atoms. The fourth-order valence-electron chi connectivity index (χ4n) is 3.45. The van der Waals surface area contributed by atoms with Crippen LogP contribution in [0, 0.1) is 5.82 Å². The Bertz CT molecular complexity index is 1020. The van der Waals surface area contributed by atoms with E-state index in [9.17, 15) is 9.18 Å². The number of ether oxygens (including phenoxy) is 1. The van der Waals surface area contributed by atoms with E-state index in [0.717, 1.165) is 18.4 Å². The standard InChI is InChI=1S/C21H23FN6O2/c1-27(2)19-20(24-10-9-23-19)30-16-4-3-11-28(13-16)21(29)18-12-17(25-26-18)14-5-7-15(22)8-6-14/h5-10,12,16H,3-4,11,13H2,1-2H3,(H,25,26). The Balaban J connectivity index is 1.45. The maximum atomic E-state index is 13.1. The van der Waals surface area contributed by atoms with Crippen LogP contribution in [0.25, 0.3) is 11.3 Å². The number of piperidine rings is 1. The average Bonchev–Trinajstić information content (AvgIpc) is 3.24. The second-order valence-electron chi connectivity index (χ2n) is 7.39. The maximum absolute atomic E-state index is 13.1. The summed E-state index contributed by atoms with van der Waals surface area (Å²) in [6, 6.07) is 7.69. The average molecular weight is 410 g/mol. The lowest BCUT2D eigenvalue weighted by Crippen LogP contribution is -2.44. The highest BCUT2D eigenvalue weighted by atomic mass is 19.1. The van der Waals surface area contributed by atoms with Crippen molar-refractivity contribution in [3.05, 3.63) is 54.2 Å². The number of aromatic nitrogens is 4. The molecule has 1 unspecified atom stereocenters. The van der Waals surface area contributed by atoms with Crippen LogP contribution in [0.3, 0.4) is 0 Å². The van der Waals surface area contributed by atoms with Crippen LogP contribution in [0.5, 0.6) is 5.88 Å². The number of carbonyl (C=O) groups excluding carboxylic acids is 1. The first kappa shape index (κ1) is 19.8. The number of H-pyrrole nitrogens is 1. The van der Waals surface area contributed by atoms with Crippen molar-refractivity contribution in [3.63, 3.8) is 0 Å². The molecule has 3 aromatic rings. The van der Waals surface area contributed by atoms with E-state index in [1.807, 2.05) is 19.0 Å². The van der Waals surface area contributed by atoms with Gasteiger partial charge in [-0.25, -0.2) is 14.4 Å². The van der Waals surface area contributed by atoms with Gasteiger partial charge in [-0.1, -0.05) is 0 Å². The van der Waals surface area contributed by atoms with E-state index in [-0.39, 0.29) is 17.8 Å². The third kappa shape index (κ3) is 4.24. The Morgan fingerprint density at radius 1 is 1.23 bits per heavy atom. The first-order valence-corrected chi connectivity index (χ1v) is 9.77. The lowest BCUT2D eigenvalue weighted by atomic mass is 10.1. The van der Waals surface area contributed by atoms with E-state index in [4.69, 9.17) is 4.74 Å². The molecule has 3 heterocycles. The topological polar surface area (TPSA) is 87.2 Å². The highest BCUT2D eigenvalue weighted by Gasteiger charge is 2.28. The quantitative estimate of drug-likeness (QED) is 0.696. The molecule has 1 amide bonds. The number of likely N-dealkylation sites (tertiary alicyclic amines) is 1. The van der Waals surface area contributed by atoms with Crippen molar-refractivity contribution in [1.82, 2.24) is 25.1 Å². The summed E-state index contributed by atoms with van der Waals surface area (Å²) in [6.45, 7) is 1.10. The third-order valence-electron chi connectivity index (χ3n) is 4.96. The molecule has 0 saturated carbocycles. The number of aromatic amines is 1. The largest absolute Gasteiger partial charge is 0.470 e. The first-order valence-electron chi connectivity index (χ1n) is 9.77. The first-order chi connectivity index (χ1) is 14.5. The molecule has 30 heavy (non-hydrogen) atoms. The molecular weight excluding hydrogens is 387 g/mol. The zero-order valence-electron chi connectivity index (χ0n) is 16.9. The molecule has 0 aliphatic carbocycles. The molecule has 1 saturated heterocycles. The number of hydrogen-bond donors (Lipinski definition) is 1. The van der Waals surface area contributed by atoms with Crippen LogP contribution in [0.4, 0.5) is 10.2 Å². The van der Waals surface area contributed by atoms with Gasteiger partial charge in [0.1, 0.15) is 17.6 Å².